The van der Waals surface area contributed by atoms with Crippen LogP contribution in [0.5, 0.6) is 11.5 Å². The first-order chi connectivity index (χ1) is 12.5. The van der Waals surface area contributed by atoms with Crippen LogP contribution < -0.4 is 14.8 Å². The second kappa shape index (κ2) is 8.84. The van der Waals surface area contributed by atoms with Gasteiger partial charge < -0.3 is 14.8 Å². The third-order valence-corrected chi connectivity index (χ3v) is 4.09. The highest BCUT2D eigenvalue weighted by Gasteiger charge is 2.15. The molecule has 0 heterocycles. The van der Waals surface area contributed by atoms with Gasteiger partial charge in [-0.25, -0.2) is 0 Å². The fourth-order valence-electron chi connectivity index (χ4n) is 2.47. The van der Waals surface area contributed by atoms with Crippen molar-refractivity contribution in [2.75, 3.05) is 19.0 Å². The summed E-state index contributed by atoms with van der Waals surface area (Å²) in [5.74, 6) is 0.834. The summed E-state index contributed by atoms with van der Waals surface area (Å²) in [6, 6.07) is 11.6. The van der Waals surface area contributed by atoms with E-state index in [1.165, 1.54) is 25.3 Å². The van der Waals surface area contributed by atoms with Gasteiger partial charge in [0.15, 0.2) is 6.61 Å². The summed E-state index contributed by atoms with van der Waals surface area (Å²) in [5, 5.41) is 13.5. The van der Waals surface area contributed by atoms with Gasteiger partial charge in [-0.05, 0) is 30.0 Å². The van der Waals surface area contributed by atoms with E-state index < -0.39 is 4.92 Å². The molecule has 1 amide bonds. The van der Waals surface area contributed by atoms with E-state index in [1.54, 1.807) is 0 Å². The molecule has 2 rings (SSSR count). The Hall–Kier alpha value is -3.09. The molecule has 26 heavy (non-hydrogen) atoms. The lowest BCUT2D eigenvalue weighted by Crippen LogP contribution is -2.21. The molecule has 0 saturated carbocycles. The summed E-state index contributed by atoms with van der Waals surface area (Å²) in [4.78, 5) is 22.5. The zero-order valence-electron chi connectivity index (χ0n) is 15.0. The van der Waals surface area contributed by atoms with Crippen LogP contribution >= 0.6 is 0 Å². The summed E-state index contributed by atoms with van der Waals surface area (Å²) in [6.07, 6.45) is 0.965. The summed E-state index contributed by atoms with van der Waals surface area (Å²) in [7, 11) is 1.38. The lowest BCUT2D eigenvalue weighted by Gasteiger charge is -2.16. The molecule has 1 atom stereocenters. The van der Waals surface area contributed by atoms with Gasteiger partial charge in [-0.15, -0.1) is 0 Å². The topological polar surface area (TPSA) is 90.7 Å². The quantitative estimate of drug-likeness (QED) is 0.566. The highest BCUT2D eigenvalue weighted by molar-refractivity contribution is 5.93. The number of para-hydroxylation sites is 1. The number of benzene rings is 2. The number of amides is 1. The van der Waals surface area contributed by atoms with Crippen molar-refractivity contribution in [3.8, 4) is 11.5 Å². The molecule has 0 spiro atoms. The van der Waals surface area contributed by atoms with Crippen LogP contribution in [0.4, 0.5) is 11.4 Å². The van der Waals surface area contributed by atoms with Gasteiger partial charge in [0.2, 0.25) is 0 Å². The monoisotopic (exact) mass is 358 g/mol. The minimum atomic E-state index is -0.525. The number of ether oxygens (including phenoxy) is 2. The van der Waals surface area contributed by atoms with Gasteiger partial charge in [0.1, 0.15) is 11.5 Å². The fraction of sp³-hybridized carbons (Fsp3) is 0.316. The third-order valence-electron chi connectivity index (χ3n) is 4.09. The van der Waals surface area contributed by atoms with Crippen LogP contribution in [0.1, 0.15) is 31.7 Å². The first kappa shape index (κ1) is 19.2. The maximum absolute atomic E-state index is 12.2. The van der Waals surface area contributed by atoms with Gasteiger partial charge in [-0.1, -0.05) is 32.0 Å². The summed E-state index contributed by atoms with van der Waals surface area (Å²) in [6.45, 7) is 4.02. The molecule has 0 aliphatic carbocycles. The van der Waals surface area contributed by atoms with Crippen LogP contribution in [-0.4, -0.2) is 24.5 Å². The molecule has 7 heteroatoms. The Balaban J connectivity index is 2.05. The number of non-ortho nitro benzene ring substituents is 1. The molecule has 1 unspecified atom stereocenters. The number of nitrogens with zero attached hydrogens (tertiary/aromatic N) is 1. The number of hydrogen-bond donors (Lipinski definition) is 1. The van der Waals surface area contributed by atoms with E-state index in [4.69, 9.17) is 9.47 Å². The number of carbonyl (C=O) groups is 1. The van der Waals surface area contributed by atoms with E-state index in [0.29, 0.717) is 17.4 Å². The Morgan fingerprint density at radius 2 is 1.96 bits per heavy atom. The predicted molar refractivity (Wildman–Crippen MR) is 98.9 cm³/mol. The Morgan fingerprint density at radius 1 is 1.23 bits per heavy atom. The molecule has 1 N–H and O–H groups in total. The van der Waals surface area contributed by atoms with Crippen molar-refractivity contribution in [3.05, 3.63) is 58.1 Å². The zero-order chi connectivity index (χ0) is 19.1. The zero-order valence-corrected chi connectivity index (χ0v) is 15.0. The average Bonchev–Trinajstić information content (AvgIpc) is 2.66. The third kappa shape index (κ3) is 4.72. The minimum absolute atomic E-state index is 0.112. The smallest absolute Gasteiger partial charge is 0.273 e. The van der Waals surface area contributed by atoms with E-state index in [1.807, 2.05) is 24.3 Å². The van der Waals surface area contributed by atoms with Crippen molar-refractivity contribution < 1.29 is 19.2 Å². The minimum Gasteiger partial charge on any atom is -0.494 e. The molecule has 0 aromatic heterocycles. The van der Waals surface area contributed by atoms with Crippen LogP contribution in [0.25, 0.3) is 0 Å². The second-order valence-corrected chi connectivity index (χ2v) is 5.83. The summed E-state index contributed by atoms with van der Waals surface area (Å²) >= 11 is 0. The molecule has 0 aliphatic heterocycles. The van der Waals surface area contributed by atoms with Gasteiger partial charge in [0.05, 0.1) is 23.8 Å². The molecular formula is C19H22N2O5. The van der Waals surface area contributed by atoms with Crippen molar-refractivity contribution in [2.24, 2.45) is 0 Å². The molecule has 0 saturated heterocycles. The number of nitrogens with one attached hydrogen (secondary N) is 1. The van der Waals surface area contributed by atoms with Crippen molar-refractivity contribution >= 4 is 17.3 Å². The molecule has 0 fully saturated rings. The number of nitro benzene ring substituents is 1. The molecule has 2 aromatic rings. The standard InChI is InChI=1S/C19H22N2O5/c1-4-13(2)15-7-5-6-8-17(15)26-12-19(22)20-16-10-9-14(21(23)24)11-18(16)25-3/h5-11,13H,4,12H2,1-3H3,(H,20,22). The van der Waals surface area contributed by atoms with Gasteiger partial charge in [0, 0.05) is 6.07 Å². The Bertz CT molecular complexity index is 791. The summed E-state index contributed by atoms with van der Waals surface area (Å²) in [5.41, 5.74) is 1.29. The molecule has 0 aliphatic rings. The van der Waals surface area contributed by atoms with Gasteiger partial charge in [-0.3, -0.25) is 14.9 Å². The summed E-state index contributed by atoms with van der Waals surface area (Å²) < 4.78 is 10.8. The van der Waals surface area contributed by atoms with Crippen LogP contribution in [0.2, 0.25) is 0 Å². The SMILES string of the molecule is CCC(C)c1ccccc1OCC(=O)Nc1ccc([N+](=O)[O-])cc1OC. The maximum Gasteiger partial charge on any atom is 0.273 e. The van der Waals surface area contributed by atoms with Crippen molar-refractivity contribution in [1.29, 1.82) is 0 Å². The van der Waals surface area contributed by atoms with Crippen molar-refractivity contribution in [3.63, 3.8) is 0 Å². The van der Waals surface area contributed by atoms with Crippen LogP contribution in [-0.2, 0) is 4.79 Å². The Morgan fingerprint density at radius 3 is 2.62 bits per heavy atom. The number of nitro groups is 1. The maximum atomic E-state index is 12.2. The Kier molecular flexibility index (Phi) is 6.54. The number of carbonyl (C=O) groups excluding carboxylic acids is 1. The lowest BCUT2D eigenvalue weighted by atomic mass is 9.98. The van der Waals surface area contributed by atoms with Crippen LogP contribution in [0.3, 0.4) is 0 Å². The van der Waals surface area contributed by atoms with E-state index in [0.717, 1.165) is 12.0 Å². The molecular weight excluding hydrogens is 336 g/mol. The fourth-order valence-corrected chi connectivity index (χ4v) is 2.47. The first-order valence-corrected chi connectivity index (χ1v) is 8.30. The van der Waals surface area contributed by atoms with Gasteiger partial charge >= 0.3 is 0 Å². The molecule has 0 bridgehead atoms. The first-order valence-electron chi connectivity index (χ1n) is 8.30. The average molecular weight is 358 g/mol. The largest absolute Gasteiger partial charge is 0.494 e. The normalized spacial score (nSPS) is 11.5. The molecule has 7 nitrogen and oxygen atoms in total. The number of rotatable bonds is 8. The second-order valence-electron chi connectivity index (χ2n) is 5.83. The number of hydrogen-bond acceptors (Lipinski definition) is 5. The number of anilines is 1. The van der Waals surface area contributed by atoms with E-state index in [9.17, 15) is 14.9 Å². The van der Waals surface area contributed by atoms with E-state index in [2.05, 4.69) is 19.2 Å². The number of methoxy groups -OCH3 is 1. The van der Waals surface area contributed by atoms with Crippen LogP contribution in [0, 0.1) is 10.1 Å². The molecule has 138 valence electrons. The van der Waals surface area contributed by atoms with Gasteiger partial charge in [0.25, 0.3) is 11.6 Å². The molecule has 2 aromatic carbocycles. The highest BCUT2D eigenvalue weighted by Crippen LogP contribution is 2.30. The van der Waals surface area contributed by atoms with Crippen molar-refractivity contribution in [2.45, 2.75) is 26.2 Å². The van der Waals surface area contributed by atoms with Gasteiger partial charge in [-0.2, -0.15) is 0 Å². The van der Waals surface area contributed by atoms with Crippen LogP contribution in [0.15, 0.2) is 42.5 Å². The lowest BCUT2D eigenvalue weighted by molar-refractivity contribution is -0.384. The highest BCUT2D eigenvalue weighted by atomic mass is 16.6. The predicted octanol–water partition coefficient (Wildman–Crippen LogP) is 4.13. The van der Waals surface area contributed by atoms with Crippen molar-refractivity contribution in [1.82, 2.24) is 0 Å². The molecule has 0 radical (unpaired) electrons. The Labute approximate surface area is 152 Å². The van der Waals surface area contributed by atoms with E-state index in [-0.39, 0.29) is 24.0 Å². The van der Waals surface area contributed by atoms with E-state index >= 15 is 0 Å².